The fourth-order valence-electron chi connectivity index (χ4n) is 1.89. The first kappa shape index (κ1) is 15.6. The zero-order chi connectivity index (χ0) is 15.6. The number of rotatable bonds is 5. The average molecular weight is 315 g/mol. The first-order chi connectivity index (χ1) is 9.95. The van der Waals surface area contributed by atoms with Gasteiger partial charge in [-0.15, -0.1) is 0 Å². The summed E-state index contributed by atoms with van der Waals surface area (Å²) in [5.74, 6) is -2.28. The van der Waals surface area contributed by atoms with Crippen LogP contribution in [0.4, 0.5) is 8.78 Å². The number of aryl methyl sites for hydroxylation is 1. The van der Waals surface area contributed by atoms with Crippen LogP contribution in [0.15, 0.2) is 18.3 Å². The van der Waals surface area contributed by atoms with Gasteiger partial charge in [0, 0.05) is 13.2 Å². The Kier molecular flexibility index (Phi) is 4.69. The molecule has 0 aliphatic heterocycles. The van der Waals surface area contributed by atoms with Gasteiger partial charge in [0.2, 0.25) is 5.78 Å². The second-order valence-corrected chi connectivity index (χ2v) is 4.87. The minimum absolute atomic E-state index is 0.0543. The molecule has 0 unspecified atom stereocenters. The van der Waals surface area contributed by atoms with Crippen molar-refractivity contribution < 1.29 is 18.3 Å². The smallest absolute Gasteiger partial charge is 0.215 e. The van der Waals surface area contributed by atoms with Crippen molar-refractivity contribution in [3.8, 4) is 0 Å². The standard InChI is InChI=1S/C14H13ClF2N2O2/c1-8-5-9(12(17)6-11(8)16)14(20)13-10(15)7-18-19(13)3-4-21-2/h5-7H,3-4H2,1-2H3. The number of methoxy groups -OCH3 is 1. The van der Waals surface area contributed by atoms with E-state index in [1.54, 1.807) is 0 Å². The molecule has 1 aromatic carbocycles. The summed E-state index contributed by atoms with van der Waals surface area (Å²) < 4.78 is 33.4. The molecule has 0 aliphatic carbocycles. The first-order valence-electron chi connectivity index (χ1n) is 6.16. The van der Waals surface area contributed by atoms with Crippen molar-refractivity contribution in [1.29, 1.82) is 0 Å². The normalized spacial score (nSPS) is 10.9. The largest absolute Gasteiger partial charge is 0.383 e. The van der Waals surface area contributed by atoms with Crippen molar-refractivity contribution in [2.75, 3.05) is 13.7 Å². The zero-order valence-electron chi connectivity index (χ0n) is 11.5. The average Bonchev–Trinajstić information content (AvgIpc) is 2.81. The highest BCUT2D eigenvalue weighted by Gasteiger charge is 2.23. The van der Waals surface area contributed by atoms with Crippen LogP contribution in [-0.4, -0.2) is 29.3 Å². The van der Waals surface area contributed by atoms with Crippen LogP contribution in [-0.2, 0) is 11.3 Å². The monoisotopic (exact) mass is 314 g/mol. The van der Waals surface area contributed by atoms with Crippen LogP contribution in [0.25, 0.3) is 0 Å². The molecule has 1 aromatic heterocycles. The molecule has 2 aromatic rings. The first-order valence-corrected chi connectivity index (χ1v) is 6.54. The molecule has 2 rings (SSSR count). The van der Waals surface area contributed by atoms with Crippen molar-refractivity contribution in [1.82, 2.24) is 9.78 Å². The summed E-state index contributed by atoms with van der Waals surface area (Å²) in [6, 6.07) is 1.85. The number of benzene rings is 1. The van der Waals surface area contributed by atoms with Crippen LogP contribution < -0.4 is 0 Å². The van der Waals surface area contributed by atoms with E-state index in [2.05, 4.69) is 5.10 Å². The Labute approximate surface area is 125 Å². The number of carbonyl (C=O) groups excluding carboxylic acids is 1. The molecule has 4 nitrogen and oxygen atoms in total. The molecule has 1 heterocycles. The van der Waals surface area contributed by atoms with Crippen molar-refractivity contribution in [3.63, 3.8) is 0 Å². The molecule has 0 atom stereocenters. The van der Waals surface area contributed by atoms with Crippen molar-refractivity contribution in [3.05, 3.63) is 51.8 Å². The molecule has 0 fully saturated rings. The van der Waals surface area contributed by atoms with Gasteiger partial charge in [-0.2, -0.15) is 5.10 Å². The fourth-order valence-corrected chi connectivity index (χ4v) is 2.12. The van der Waals surface area contributed by atoms with E-state index in [4.69, 9.17) is 16.3 Å². The van der Waals surface area contributed by atoms with Crippen LogP contribution >= 0.6 is 11.6 Å². The van der Waals surface area contributed by atoms with Gasteiger partial charge in [-0.05, 0) is 18.6 Å². The molecule has 112 valence electrons. The number of hydrogen-bond acceptors (Lipinski definition) is 3. The Bertz CT molecular complexity index is 686. The maximum absolute atomic E-state index is 13.8. The predicted molar refractivity (Wildman–Crippen MR) is 73.6 cm³/mol. The molecule has 0 saturated heterocycles. The molecule has 0 radical (unpaired) electrons. The molecule has 0 N–H and O–H groups in total. The number of halogens is 3. The molecule has 7 heteroatoms. The van der Waals surface area contributed by atoms with Gasteiger partial charge in [-0.3, -0.25) is 9.48 Å². The topological polar surface area (TPSA) is 44.1 Å². The van der Waals surface area contributed by atoms with Crippen molar-refractivity contribution in [2.24, 2.45) is 0 Å². The molecule has 0 amide bonds. The molecule has 0 saturated carbocycles. The highest BCUT2D eigenvalue weighted by Crippen LogP contribution is 2.22. The van der Waals surface area contributed by atoms with Gasteiger partial charge in [0.25, 0.3) is 0 Å². The Morgan fingerprint density at radius 2 is 2.10 bits per heavy atom. The van der Waals surface area contributed by atoms with Crippen LogP contribution in [0, 0.1) is 18.6 Å². The third-order valence-corrected chi connectivity index (χ3v) is 3.29. The number of ketones is 1. The van der Waals surface area contributed by atoms with Crippen molar-refractivity contribution >= 4 is 17.4 Å². The lowest BCUT2D eigenvalue weighted by molar-refractivity contribution is 0.102. The van der Waals surface area contributed by atoms with E-state index in [-0.39, 0.29) is 21.8 Å². The van der Waals surface area contributed by atoms with Crippen LogP contribution in [0.1, 0.15) is 21.6 Å². The van der Waals surface area contributed by atoms with Gasteiger partial charge in [-0.1, -0.05) is 11.6 Å². The predicted octanol–water partition coefficient (Wildman–Crippen LogP) is 3.00. The van der Waals surface area contributed by atoms with E-state index in [1.807, 2.05) is 0 Å². The summed E-state index contributed by atoms with van der Waals surface area (Å²) in [6.45, 7) is 2.07. The maximum Gasteiger partial charge on any atom is 0.215 e. The highest BCUT2D eigenvalue weighted by atomic mass is 35.5. The SMILES string of the molecule is COCCn1ncc(Cl)c1C(=O)c1cc(C)c(F)cc1F. The van der Waals surface area contributed by atoms with Crippen molar-refractivity contribution in [2.45, 2.75) is 13.5 Å². The lowest BCUT2D eigenvalue weighted by atomic mass is 10.0. The molecular formula is C14H13ClF2N2O2. The molecule has 0 bridgehead atoms. The maximum atomic E-state index is 13.8. The number of hydrogen-bond donors (Lipinski definition) is 0. The Balaban J connectivity index is 2.45. The van der Waals surface area contributed by atoms with Gasteiger partial charge < -0.3 is 4.74 Å². The van der Waals surface area contributed by atoms with Gasteiger partial charge >= 0.3 is 0 Å². The summed E-state index contributed by atoms with van der Waals surface area (Å²) in [5, 5.41) is 4.07. The number of ether oxygens (including phenoxy) is 1. The molecule has 0 spiro atoms. The van der Waals surface area contributed by atoms with E-state index in [1.165, 1.54) is 24.9 Å². The summed E-state index contributed by atoms with van der Waals surface area (Å²) in [7, 11) is 1.51. The van der Waals surface area contributed by atoms with E-state index in [0.717, 1.165) is 6.07 Å². The second kappa shape index (κ2) is 6.32. The van der Waals surface area contributed by atoms with E-state index < -0.39 is 17.4 Å². The fraction of sp³-hybridized carbons (Fsp3) is 0.286. The zero-order valence-corrected chi connectivity index (χ0v) is 12.2. The lowest BCUT2D eigenvalue weighted by Crippen LogP contribution is -2.16. The number of carbonyl (C=O) groups is 1. The summed E-state index contributed by atoms with van der Waals surface area (Å²) >= 11 is 5.95. The van der Waals surface area contributed by atoms with Gasteiger partial charge in [0.15, 0.2) is 0 Å². The van der Waals surface area contributed by atoms with Gasteiger partial charge in [0.05, 0.1) is 29.9 Å². The highest BCUT2D eigenvalue weighted by molar-refractivity contribution is 6.34. The van der Waals surface area contributed by atoms with E-state index >= 15 is 0 Å². The Morgan fingerprint density at radius 1 is 1.38 bits per heavy atom. The molecular weight excluding hydrogens is 302 g/mol. The van der Waals surface area contributed by atoms with Gasteiger partial charge in [-0.25, -0.2) is 8.78 Å². The minimum Gasteiger partial charge on any atom is -0.383 e. The summed E-state index contributed by atoms with van der Waals surface area (Å²) in [4.78, 5) is 12.4. The minimum atomic E-state index is -0.932. The Hall–Kier alpha value is -1.79. The number of nitrogens with zero attached hydrogens (tertiary/aromatic N) is 2. The van der Waals surface area contributed by atoms with Crippen LogP contribution in [0.3, 0.4) is 0 Å². The van der Waals surface area contributed by atoms with Crippen LogP contribution in [0.2, 0.25) is 5.02 Å². The van der Waals surface area contributed by atoms with E-state index in [0.29, 0.717) is 19.2 Å². The number of aromatic nitrogens is 2. The lowest BCUT2D eigenvalue weighted by Gasteiger charge is -2.08. The van der Waals surface area contributed by atoms with Crippen LogP contribution in [0.5, 0.6) is 0 Å². The third kappa shape index (κ3) is 3.11. The summed E-state index contributed by atoms with van der Waals surface area (Å²) in [5.41, 5.74) is -0.00702. The van der Waals surface area contributed by atoms with Gasteiger partial charge in [0.1, 0.15) is 17.3 Å². The van der Waals surface area contributed by atoms with E-state index in [9.17, 15) is 13.6 Å². The third-order valence-electron chi connectivity index (χ3n) is 3.01. The molecule has 0 aliphatic rings. The quantitative estimate of drug-likeness (QED) is 0.797. The molecule has 21 heavy (non-hydrogen) atoms. The Morgan fingerprint density at radius 3 is 2.76 bits per heavy atom. The second-order valence-electron chi connectivity index (χ2n) is 4.47. The summed E-state index contributed by atoms with van der Waals surface area (Å²) in [6.07, 6.45) is 1.30.